The van der Waals surface area contributed by atoms with Crippen LogP contribution >= 0.6 is 0 Å². The lowest BCUT2D eigenvalue weighted by Crippen LogP contribution is -2.34. The van der Waals surface area contributed by atoms with Gasteiger partial charge in [0.2, 0.25) is 0 Å². The molecule has 2 N–H and O–H groups in total. The molecule has 16 heavy (non-hydrogen) atoms. The second-order valence-electron chi connectivity index (χ2n) is 4.38. The van der Waals surface area contributed by atoms with Crippen molar-refractivity contribution >= 4 is 5.97 Å². The summed E-state index contributed by atoms with van der Waals surface area (Å²) in [5.74, 6) is -0.236. The van der Waals surface area contributed by atoms with E-state index < -0.39 is 5.54 Å². The van der Waals surface area contributed by atoms with E-state index in [1.54, 1.807) is 0 Å². The first-order valence-electron chi connectivity index (χ1n) is 5.71. The Hall–Kier alpha value is -1.35. The van der Waals surface area contributed by atoms with Crippen molar-refractivity contribution in [1.82, 2.24) is 0 Å². The molecule has 2 rings (SSSR count). The van der Waals surface area contributed by atoms with Crippen LogP contribution in [0.2, 0.25) is 0 Å². The molecule has 1 aromatic rings. The molecule has 1 aliphatic carbocycles. The molecule has 0 bridgehead atoms. The standard InChI is InChI=1S/C13H17NO2/c14-13(8-9-13)12(15)16-10-4-7-11-5-2-1-3-6-11/h1-3,5-6H,4,7-10,14H2. The molecular formula is C13H17NO2. The monoisotopic (exact) mass is 219 g/mol. The molecule has 3 heteroatoms. The van der Waals surface area contributed by atoms with Crippen molar-refractivity contribution < 1.29 is 9.53 Å². The van der Waals surface area contributed by atoms with Gasteiger partial charge >= 0.3 is 5.97 Å². The quantitative estimate of drug-likeness (QED) is 0.605. The van der Waals surface area contributed by atoms with Gasteiger partial charge in [0.1, 0.15) is 5.54 Å². The highest BCUT2D eigenvalue weighted by molar-refractivity contribution is 5.83. The molecule has 86 valence electrons. The van der Waals surface area contributed by atoms with Crippen LogP contribution in [0.1, 0.15) is 24.8 Å². The van der Waals surface area contributed by atoms with Crippen molar-refractivity contribution in [3.63, 3.8) is 0 Å². The number of aryl methyl sites for hydroxylation is 1. The first-order chi connectivity index (χ1) is 7.71. The summed E-state index contributed by atoms with van der Waals surface area (Å²) < 4.78 is 5.13. The van der Waals surface area contributed by atoms with Crippen LogP contribution in [0.3, 0.4) is 0 Å². The van der Waals surface area contributed by atoms with E-state index in [2.05, 4.69) is 12.1 Å². The van der Waals surface area contributed by atoms with Crippen LogP contribution in [0, 0.1) is 0 Å². The lowest BCUT2D eigenvalue weighted by molar-refractivity contribution is -0.146. The minimum atomic E-state index is -0.646. The maximum Gasteiger partial charge on any atom is 0.326 e. The van der Waals surface area contributed by atoms with Crippen molar-refractivity contribution in [2.24, 2.45) is 5.73 Å². The molecule has 0 radical (unpaired) electrons. The number of nitrogens with two attached hydrogens (primary N) is 1. The minimum Gasteiger partial charge on any atom is -0.464 e. The van der Waals surface area contributed by atoms with Gasteiger partial charge in [-0.2, -0.15) is 0 Å². The van der Waals surface area contributed by atoms with Gasteiger partial charge in [-0.05, 0) is 31.2 Å². The zero-order valence-electron chi connectivity index (χ0n) is 9.32. The number of rotatable bonds is 5. The predicted octanol–water partition coefficient (Wildman–Crippen LogP) is 1.65. The van der Waals surface area contributed by atoms with Crippen molar-refractivity contribution in [3.05, 3.63) is 35.9 Å². The number of carbonyl (C=O) groups excluding carboxylic acids is 1. The Balaban J connectivity index is 1.64. The summed E-state index contributed by atoms with van der Waals surface area (Å²) in [6.45, 7) is 0.465. The molecule has 0 saturated heterocycles. The molecule has 3 nitrogen and oxygen atoms in total. The number of ether oxygens (including phenoxy) is 1. The van der Waals surface area contributed by atoms with Gasteiger partial charge in [-0.3, -0.25) is 4.79 Å². The molecule has 1 fully saturated rings. The Labute approximate surface area is 95.6 Å². The topological polar surface area (TPSA) is 52.3 Å². The van der Waals surface area contributed by atoms with Crippen molar-refractivity contribution in [2.75, 3.05) is 6.61 Å². The fourth-order valence-electron chi connectivity index (χ4n) is 1.57. The van der Waals surface area contributed by atoms with Gasteiger partial charge in [-0.25, -0.2) is 0 Å². The molecule has 1 saturated carbocycles. The van der Waals surface area contributed by atoms with Crippen molar-refractivity contribution in [2.45, 2.75) is 31.2 Å². The maximum atomic E-state index is 11.4. The molecule has 0 unspecified atom stereocenters. The Bertz CT molecular complexity index is 357. The Morgan fingerprint density at radius 2 is 2.00 bits per heavy atom. The van der Waals surface area contributed by atoms with Gasteiger partial charge in [0.15, 0.2) is 0 Å². The van der Waals surface area contributed by atoms with Gasteiger partial charge in [0, 0.05) is 0 Å². The van der Waals surface area contributed by atoms with E-state index in [0.717, 1.165) is 25.7 Å². The second kappa shape index (κ2) is 4.66. The summed E-state index contributed by atoms with van der Waals surface area (Å²) in [6.07, 6.45) is 3.33. The molecule has 1 aromatic carbocycles. The third-order valence-corrected chi connectivity index (χ3v) is 2.88. The molecule has 0 amide bonds. The van der Waals surface area contributed by atoms with Gasteiger partial charge in [-0.1, -0.05) is 30.3 Å². The van der Waals surface area contributed by atoms with Crippen LogP contribution in [-0.4, -0.2) is 18.1 Å². The lowest BCUT2D eigenvalue weighted by atomic mass is 10.1. The second-order valence-corrected chi connectivity index (χ2v) is 4.38. The summed E-state index contributed by atoms with van der Waals surface area (Å²) in [6, 6.07) is 10.2. The van der Waals surface area contributed by atoms with Gasteiger partial charge in [-0.15, -0.1) is 0 Å². The highest BCUT2D eigenvalue weighted by Gasteiger charge is 2.47. The first-order valence-corrected chi connectivity index (χ1v) is 5.71. The highest BCUT2D eigenvalue weighted by Crippen LogP contribution is 2.33. The fourth-order valence-corrected chi connectivity index (χ4v) is 1.57. The maximum absolute atomic E-state index is 11.4. The average Bonchev–Trinajstić information content (AvgIpc) is 3.05. The van der Waals surface area contributed by atoms with E-state index in [0.29, 0.717) is 6.61 Å². The minimum absolute atomic E-state index is 0.236. The van der Waals surface area contributed by atoms with Gasteiger partial charge < -0.3 is 10.5 Å². The molecule has 0 spiro atoms. The van der Waals surface area contributed by atoms with E-state index in [1.165, 1.54) is 5.56 Å². The number of hydrogen-bond acceptors (Lipinski definition) is 3. The molecule has 1 aliphatic rings. The van der Waals surface area contributed by atoms with E-state index >= 15 is 0 Å². The average molecular weight is 219 g/mol. The van der Waals surface area contributed by atoms with Crippen LogP contribution in [0.4, 0.5) is 0 Å². The van der Waals surface area contributed by atoms with Crippen LogP contribution < -0.4 is 5.73 Å². The molecular weight excluding hydrogens is 202 g/mol. The van der Waals surface area contributed by atoms with Crippen LogP contribution in [0.15, 0.2) is 30.3 Å². The lowest BCUT2D eigenvalue weighted by Gasteiger charge is -2.08. The number of hydrogen-bond donors (Lipinski definition) is 1. The van der Waals surface area contributed by atoms with E-state index in [9.17, 15) is 4.79 Å². The van der Waals surface area contributed by atoms with E-state index in [4.69, 9.17) is 10.5 Å². The zero-order valence-corrected chi connectivity index (χ0v) is 9.32. The molecule has 0 aromatic heterocycles. The number of benzene rings is 1. The third-order valence-electron chi connectivity index (χ3n) is 2.88. The Morgan fingerprint density at radius 3 is 2.62 bits per heavy atom. The normalized spacial score (nSPS) is 16.8. The highest BCUT2D eigenvalue weighted by atomic mass is 16.5. The van der Waals surface area contributed by atoms with Crippen molar-refractivity contribution in [1.29, 1.82) is 0 Å². The van der Waals surface area contributed by atoms with Crippen LogP contribution in [-0.2, 0) is 16.0 Å². The first kappa shape index (κ1) is 11.1. The summed E-state index contributed by atoms with van der Waals surface area (Å²) in [7, 11) is 0. The fraction of sp³-hybridized carbons (Fsp3) is 0.462. The largest absolute Gasteiger partial charge is 0.464 e. The summed E-state index contributed by atoms with van der Waals surface area (Å²) >= 11 is 0. The van der Waals surface area contributed by atoms with Crippen LogP contribution in [0.25, 0.3) is 0 Å². The van der Waals surface area contributed by atoms with Gasteiger partial charge in [0.05, 0.1) is 6.61 Å². The third kappa shape index (κ3) is 2.83. The molecule has 0 atom stereocenters. The van der Waals surface area contributed by atoms with E-state index in [1.807, 2.05) is 18.2 Å². The summed E-state index contributed by atoms with van der Waals surface area (Å²) in [5.41, 5.74) is 6.33. The number of carbonyl (C=O) groups is 1. The van der Waals surface area contributed by atoms with E-state index in [-0.39, 0.29) is 5.97 Å². The SMILES string of the molecule is NC1(C(=O)OCCCc2ccccc2)CC1. The zero-order chi connectivity index (χ0) is 11.4. The number of esters is 1. The Kier molecular flexibility index (Phi) is 3.25. The molecule has 0 heterocycles. The molecule has 0 aliphatic heterocycles. The summed E-state index contributed by atoms with van der Waals surface area (Å²) in [4.78, 5) is 11.4. The Morgan fingerprint density at radius 1 is 1.31 bits per heavy atom. The van der Waals surface area contributed by atoms with Crippen molar-refractivity contribution in [3.8, 4) is 0 Å². The predicted molar refractivity (Wildman–Crippen MR) is 61.9 cm³/mol. The smallest absolute Gasteiger partial charge is 0.326 e. The van der Waals surface area contributed by atoms with Gasteiger partial charge in [0.25, 0.3) is 0 Å². The summed E-state index contributed by atoms with van der Waals surface area (Å²) in [5, 5.41) is 0. The van der Waals surface area contributed by atoms with Crippen LogP contribution in [0.5, 0.6) is 0 Å².